The number of amides is 2. The Morgan fingerprint density at radius 2 is 1.58 bits per heavy atom. The van der Waals surface area contributed by atoms with Gasteiger partial charge < -0.3 is 15.3 Å². The maximum atomic E-state index is 13.0. The SMILES string of the molecule is O=C(NCc1ccccc1)c1cc2ccccc2c(CN2CCN(C(=O)c3ccncc3)CC2)c1O. The zero-order chi connectivity index (χ0) is 24.9. The van der Waals surface area contributed by atoms with E-state index in [1.54, 1.807) is 30.6 Å². The van der Waals surface area contributed by atoms with Crippen molar-refractivity contribution in [3.8, 4) is 5.75 Å². The lowest BCUT2D eigenvalue weighted by Gasteiger charge is -2.35. The molecule has 182 valence electrons. The Morgan fingerprint density at radius 3 is 2.33 bits per heavy atom. The predicted octanol–water partition coefficient (Wildman–Crippen LogP) is 3.83. The topological polar surface area (TPSA) is 85.8 Å². The number of phenols is 1. The van der Waals surface area contributed by atoms with E-state index >= 15 is 0 Å². The van der Waals surface area contributed by atoms with Crippen molar-refractivity contribution in [3.05, 3.63) is 107 Å². The van der Waals surface area contributed by atoms with Crippen molar-refractivity contribution < 1.29 is 14.7 Å². The molecular weight excluding hydrogens is 452 g/mol. The smallest absolute Gasteiger partial charge is 0.255 e. The van der Waals surface area contributed by atoms with Gasteiger partial charge in [0.15, 0.2) is 0 Å². The third-order valence-corrected chi connectivity index (χ3v) is 6.64. The lowest BCUT2D eigenvalue weighted by atomic mass is 9.98. The molecule has 0 unspecified atom stereocenters. The number of hydrogen-bond acceptors (Lipinski definition) is 5. The lowest BCUT2D eigenvalue weighted by molar-refractivity contribution is 0.0627. The number of fused-ring (bicyclic) bond motifs is 1. The first-order valence-corrected chi connectivity index (χ1v) is 12.1. The van der Waals surface area contributed by atoms with E-state index in [0.717, 1.165) is 21.9 Å². The van der Waals surface area contributed by atoms with Crippen LogP contribution in [0, 0.1) is 0 Å². The molecule has 5 rings (SSSR count). The molecule has 0 spiro atoms. The minimum atomic E-state index is -0.309. The summed E-state index contributed by atoms with van der Waals surface area (Å²) in [4.78, 5) is 33.9. The van der Waals surface area contributed by atoms with Crippen LogP contribution in [0.1, 0.15) is 31.8 Å². The predicted molar refractivity (Wildman–Crippen MR) is 139 cm³/mol. The largest absolute Gasteiger partial charge is 0.507 e. The van der Waals surface area contributed by atoms with Gasteiger partial charge in [-0.1, -0.05) is 54.6 Å². The van der Waals surface area contributed by atoms with Crippen molar-refractivity contribution in [2.75, 3.05) is 26.2 Å². The molecule has 7 nitrogen and oxygen atoms in total. The number of nitrogens with one attached hydrogen (secondary N) is 1. The number of aromatic hydroxyl groups is 1. The standard InChI is InChI=1S/C29H28N4O3/c34-27-25(28(35)31-19-21-6-2-1-3-7-21)18-23-8-4-5-9-24(23)26(27)20-32-14-16-33(17-15-32)29(36)22-10-12-30-13-11-22/h1-13,18,34H,14-17,19-20H2,(H,31,35). The Balaban J connectivity index is 1.32. The van der Waals surface area contributed by atoms with Gasteiger partial charge in [-0.05, 0) is 34.5 Å². The van der Waals surface area contributed by atoms with Crippen molar-refractivity contribution in [3.63, 3.8) is 0 Å². The van der Waals surface area contributed by atoms with Gasteiger partial charge in [-0.25, -0.2) is 0 Å². The Labute approximate surface area is 210 Å². The van der Waals surface area contributed by atoms with Crippen molar-refractivity contribution >= 4 is 22.6 Å². The van der Waals surface area contributed by atoms with Crippen molar-refractivity contribution in [2.24, 2.45) is 0 Å². The summed E-state index contributed by atoms with van der Waals surface area (Å²) in [6.45, 7) is 3.41. The number of rotatable bonds is 6. The number of hydrogen-bond donors (Lipinski definition) is 2. The van der Waals surface area contributed by atoms with Gasteiger partial charge in [0.1, 0.15) is 5.75 Å². The maximum Gasteiger partial charge on any atom is 0.255 e. The van der Waals surface area contributed by atoms with E-state index in [1.165, 1.54) is 0 Å². The van der Waals surface area contributed by atoms with Gasteiger partial charge >= 0.3 is 0 Å². The number of aromatic nitrogens is 1. The molecule has 1 aliphatic rings. The molecule has 1 fully saturated rings. The van der Waals surface area contributed by atoms with Crippen LogP contribution in [0.15, 0.2) is 85.2 Å². The van der Waals surface area contributed by atoms with Crippen LogP contribution in [0.3, 0.4) is 0 Å². The second-order valence-electron chi connectivity index (χ2n) is 8.94. The first kappa shape index (κ1) is 23.5. The Morgan fingerprint density at radius 1 is 0.889 bits per heavy atom. The zero-order valence-electron chi connectivity index (χ0n) is 19.9. The molecule has 1 aliphatic heterocycles. The fourth-order valence-electron chi connectivity index (χ4n) is 4.63. The van der Waals surface area contributed by atoms with E-state index in [4.69, 9.17) is 0 Å². The normalized spacial score (nSPS) is 14.1. The minimum absolute atomic E-state index is 0.00225. The summed E-state index contributed by atoms with van der Waals surface area (Å²) >= 11 is 0. The summed E-state index contributed by atoms with van der Waals surface area (Å²) in [5.41, 5.74) is 2.62. The molecule has 3 aromatic carbocycles. The Hall–Kier alpha value is -4.23. The highest BCUT2D eigenvalue weighted by molar-refractivity contribution is 6.03. The molecule has 2 amide bonds. The van der Waals surface area contributed by atoms with E-state index in [-0.39, 0.29) is 23.1 Å². The minimum Gasteiger partial charge on any atom is -0.507 e. The van der Waals surface area contributed by atoms with Crippen LogP contribution in [0.2, 0.25) is 0 Å². The molecule has 0 atom stereocenters. The van der Waals surface area contributed by atoms with Gasteiger partial charge in [0.25, 0.3) is 11.8 Å². The van der Waals surface area contributed by atoms with Crippen LogP contribution in [0.4, 0.5) is 0 Å². The molecule has 2 heterocycles. The molecule has 7 heteroatoms. The summed E-state index contributed by atoms with van der Waals surface area (Å²) < 4.78 is 0. The highest BCUT2D eigenvalue weighted by Crippen LogP contribution is 2.33. The first-order chi connectivity index (χ1) is 17.6. The molecule has 4 aromatic rings. The maximum absolute atomic E-state index is 13.0. The molecule has 1 saturated heterocycles. The fourth-order valence-corrected chi connectivity index (χ4v) is 4.63. The molecule has 2 N–H and O–H groups in total. The van der Waals surface area contributed by atoms with Gasteiger partial charge in [-0.3, -0.25) is 19.5 Å². The zero-order valence-corrected chi connectivity index (χ0v) is 19.9. The van der Waals surface area contributed by atoms with Crippen LogP contribution in [-0.4, -0.2) is 57.9 Å². The Bertz CT molecular complexity index is 1370. The van der Waals surface area contributed by atoms with Crippen LogP contribution < -0.4 is 5.32 Å². The first-order valence-electron chi connectivity index (χ1n) is 12.1. The van der Waals surface area contributed by atoms with E-state index < -0.39 is 0 Å². The summed E-state index contributed by atoms with van der Waals surface area (Å²) in [6.07, 6.45) is 3.25. The number of benzene rings is 3. The molecule has 0 radical (unpaired) electrons. The molecule has 0 bridgehead atoms. The van der Waals surface area contributed by atoms with Crippen LogP contribution in [-0.2, 0) is 13.1 Å². The van der Waals surface area contributed by atoms with Gasteiger partial charge in [-0.2, -0.15) is 0 Å². The number of nitrogens with zero attached hydrogens (tertiary/aromatic N) is 3. The Kier molecular flexibility index (Phi) is 6.91. The molecule has 0 aliphatic carbocycles. The van der Waals surface area contributed by atoms with Crippen LogP contribution in [0.25, 0.3) is 10.8 Å². The molecule has 36 heavy (non-hydrogen) atoms. The third-order valence-electron chi connectivity index (χ3n) is 6.64. The summed E-state index contributed by atoms with van der Waals surface area (Å²) in [7, 11) is 0. The van der Waals surface area contributed by atoms with Gasteiger partial charge in [-0.15, -0.1) is 0 Å². The average molecular weight is 481 g/mol. The fraction of sp³-hybridized carbons (Fsp3) is 0.207. The number of carbonyl (C=O) groups excluding carboxylic acids is 2. The van der Waals surface area contributed by atoms with Crippen LogP contribution in [0.5, 0.6) is 5.75 Å². The lowest BCUT2D eigenvalue weighted by Crippen LogP contribution is -2.48. The quantitative estimate of drug-likeness (QED) is 0.438. The summed E-state index contributed by atoms with van der Waals surface area (Å²) in [5.74, 6) is -0.298. The van der Waals surface area contributed by atoms with Crippen LogP contribution >= 0.6 is 0 Å². The number of piperazine rings is 1. The van der Waals surface area contributed by atoms with Gasteiger partial charge in [0.2, 0.25) is 0 Å². The highest BCUT2D eigenvalue weighted by Gasteiger charge is 2.25. The van der Waals surface area contributed by atoms with Crippen molar-refractivity contribution in [1.29, 1.82) is 0 Å². The number of carbonyl (C=O) groups is 2. The second kappa shape index (κ2) is 10.6. The summed E-state index contributed by atoms with van der Waals surface area (Å²) in [5, 5.41) is 16.0. The third kappa shape index (κ3) is 5.06. The van der Waals surface area contributed by atoms with Crippen molar-refractivity contribution in [1.82, 2.24) is 20.1 Å². The van der Waals surface area contributed by atoms with Gasteiger partial charge in [0.05, 0.1) is 5.56 Å². The van der Waals surface area contributed by atoms with E-state index in [9.17, 15) is 14.7 Å². The number of phenolic OH excluding ortho intramolecular Hbond substituents is 1. The highest BCUT2D eigenvalue weighted by atomic mass is 16.3. The van der Waals surface area contributed by atoms with Crippen molar-refractivity contribution in [2.45, 2.75) is 13.1 Å². The molecule has 1 aromatic heterocycles. The van der Waals surface area contributed by atoms with E-state index in [2.05, 4.69) is 15.2 Å². The summed E-state index contributed by atoms with van der Waals surface area (Å²) in [6, 6.07) is 22.7. The number of pyridine rings is 1. The second-order valence-corrected chi connectivity index (χ2v) is 8.94. The van der Waals surface area contributed by atoms with E-state index in [0.29, 0.717) is 44.8 Å². The monoisotopic (exact) mass is 480 g/mol. The van der Waals surface area contributed by atoms with E-state index in [1.807, 2.05) is 59.5 Å². The molecule has 0 saturated carbocycles. The average Bonchev–Trinajstić information content (AvgIpc) is 2.94. The van der Waals surface area contributed by atoms with Gasteiger partial charge in [0, 0.05) is 62.8 Å². The molecular formula is C29H28N4O3.